The first-order valence-electron chi connectivity index (χ1n) is 12.6. The number of anilines is 5. The number of carbonyl (C=O) groups excluding carboxylic acids is 1. The number of halogens is 1. The number of amides is 1. The predicted molar refractivity (Wildman–Crippen MR) is 169 cm³/mol. The molecule has 4 N–H and O–H groups in total. The first-order valence-corrected chi connectivity index (χ1v) is 14.0. The summed E-state index contributed by atoms with van der Waals surface area (Å²) in [5.74, 6) is 0.539. The molecule has 0 aliphatic heterocycles. The van der Waals surface area contributed by atoms with Crippen molar-refractivity contribution in [2.45, 2.75) is 6.54 Å². The number of hydrogen-bond acceptors (Lipinski definition) is 9. The molecule has 0 unspecified atom stereocenters. The van der Waals surface area contributed by atoms with E-state index in [1.54, 1.807) is 60.7 Å². The number of nitriles is 1. The van der Waals surface area contributed by atoms with Crippen molar-refractivity contribution in [3.63, 3.8) is 0 Å². The summed E-state index contributed by atoms with van der Waals surface area (Å²) in [6.07, 6.45) is 2.23. The number of benzene rings is 3. The van der Waals surface area contributed by atoms with Crippen LogP contribution in [-0.2, 0) is 11.3 Å². The third-order valence-electron chi connectivity index (χ3n) is 5.54. The molecule has 0 atom stereocenters. The van der Waals surface area contributed by atoms with E-state index < -0.39 is 5.82 Å². The van der Waals surface area contributed by atoms with Crippen LogP contribution in [-0.4, -0.2) is 32.6 Å². The fraction of sp³-hybridized carbons (Fsp3) is 0.100. The van der Waals surface area contributed by atoms with Crippen molar-refractivity contribution in [1.82, 2.24) is 15.3 Å². The summed E-state index contributed by atoms with van der Waals surface area (Å²) in [4.78, 5) is 19.8. The molecule has 0 radical (unpaired) electrons. The van der Waals surface area contributed by atoms with Crippen LogP contribution in [0, 0.1) is 17.1 Å². The van der Waals surface area contributed by atoms with E-state index in [2.05, 4.69) is 43.9 Å². The Kier molecular flexibility index (Phi) is 10.8. The van der Waals surface area contributed by atoms with Crippen LogP contribution >= 0.6 is 24.0 Å². The molecule has 42 heavy (non-hydrogen) atoms. The Hall–Kier alpha value is -4.99. The van der Waals surface area contributed by atoms with Gasteiger partial charge in [0.15, 0.2) is 11.6 Å². The summed E-state index contributed by atoms with van der Waals surface area (Å²) in [5.41, 5.74) is 3.41. The molecule has 3 aromatic carbocycles. The zero-order chi connectivity index (χ0) is 29.7. The highest BCUT2D eigenvalue weighted by Gasteiger charge is 2.09. The molecule has 0 fully saturated rings. The highest BCUT2D eigenvalue weighted by molar-refractivity contribution is 8.22. The van der Waals surface area contributed by atoms with Gasteiger partial charge in [0.2, 0.25) is 11.9 Å². The van der Waals surface area contributed by atoms with Gasteiger partial charge in [0, 0.05) is 29.4 Å². The molecule has 9 nitrogen and oxygen atoms in total. The maximum atomic E-state index is 14.4. The van der Waals surface area contributed by atoms with Crippen LogP contribution in [0.5, 0.6) is 5.75 Å². The fourth-order valence-electron chi connectivity index (χ4n) is 3.50. The average Bonchev–Trinajstić information content (AvgIpc) is 3.01. The van der Waals surface area contributed by atoms with Crippen molar-refractivity contribution in [2.75, 3.05) is 28.3 Å². The number of rotatable bonds is 12. The van der Waals surface area contributed by atoms with E-state index in [9.17, 15) is 9.18 Å². The molecule has 1 heterocycles. The van der Waals surface area contributed by atoms with Crippen LogP contribution in [0.25, 0.3) is 0 Å². The average molecular weight is 600 g/mol. The van der Waals surface area contributed by atoms with Gasteiger partial charge in [0.1, 0.15) is 10.1 Å². The molecular formula is C30H26FN7O2S2. The van der Waals surface area contributed by atoms with E-state index in [0.717, 1.165) is 17.8 Å². The van der Waals surface area contributed by atoms with Gasteiger partial charge in [-0.1, -0.05) is 48.8 Å². The Labute approximate surface area is 252 Å². The van der Waals surface area contributed by atoms with Gasteiger partial charge >= 0.3 is 0 Å². The molecule has 0 spiro atoms. The van der Waals surface area contributed by atoms with Crippen molar-refractivity contribution in [2.24, 2.45) is 0 Å². The highest BCUT2D eigenvalue weighted by atomic mass is 32.2. The molecule has 212 valence electrons. The van der Waals surface area contributed by atoms with E-state index in [-0.39, 0.29) is 17.7 Å². The molecule has 0 saturated carbocycles. The van der Waals surface area contributed by atoms with Crippen LogP contribution < -0.4 is 26.0 Å². The highest BCUT2D eigenvalue weighted by Crippen LogP contribution is 2.23. The Morgan fingerprint density at radius 3 is 2.57 bits per heavy atom. The van der Waals surface area contributed by atoms with E-state index >= 15 is 0 Å². The second-order valence-corrected chi connectivity index (χ2v) is 10.4. The van der Waals surface area contributed by atoms with Gasteiger partial charge in [-0.3, -0.25) is 4.79 Å². The minimum atomic E-state index is -0.633. The van der Waals surface area contributed by atoms with Crippen LogP contribution in [0.3, 0.4) is 0 Å². The van der Waals surface area contributed by atoms with Gasteiger partial charge in [-0.2, -0.15) is 10.2 Å². The van der Waals surface area contributed by atoms with Gasteiger partial charge in [-0.25, -0.2) is 9.37 Å². The minimum Gasteiger partial charge on any atom is -0.493 e. The zero-order valence-electron chi connectivity index (χ0n) is 22.3. The number of aromatic nitrogens is 2. The van der Waals surface area contributed by atoms with E-state index in [1.807, 2.05) is 12.1 Å². The predicted octanol–water partition coefficient (Wildman–Crippen LogP) is 6.29. The summed E-state index contributed by atoms with van der Waals surface area (Å²) in [6.45, 7) is 4.48. The monoisotopic (exact) mass is 599 g/mol. The maximum Gasteiger partial charge on any atom is 0.247 e. The minimum absolute atomic E-state index is 0.0264. The number of nitrogens with zero attached hydrogens (tertiary/aromatic N) is 3. The lowest BCUT2D eigenvalue weighted by atomic mass is 10.1. The quantitative estimate of drug-likeness (QED) is 0.0840. The Morgan fingerprint density at radius 2 is 1.83 bits per heavy atom. The van der Waals surface area contributed by atoms with Crippen LogP contribution in [0.1, 0.15) is 11.1 Å². The topological polar surface area (TPSA) is 124 Å². The number of thiocarbonyl (C=S) groups is 1. The van der Waals surface area contributed by atoms with Gasteiger partial charge in [0.25, 0.3) is 0 Å². The Balaban J connectivity index is 1.23. The van der Waals surface area contributed by atoms with Gasteiger partial charge in [0.05, 0.1) is 24.4 Å². The molecule has 0 aliphatic rings. The first-order chi connectivity index (χ1) is 20.4. The molecule has 1 amide bonds. The summed E-state index contributed by atoms with van der Waals surface area (Å²) < 4.78 is 20.9. The Bertz CT molecular complexity index is 1590. The van der Waals surface area contributed by atoms with Crippen molar-refractivity contribution in [3.05, 3.63) is 109 Å². The summed E-state index contributed by atoms with van der Waals surface area (Å²) in [7, 11) is 0. The second kappa shape index (κ2) is 15.1. The Morgan fingerprint density at radius 1 is 1.07 bits per heavy atom. The molecule has 0 bridgehead atoms. The number of thioether (sulfide) groups is 1. The van der Waals surface area contributed by atoms with Crippen molar-refractivity contribution in [1.29, 1.82) is 5.26 Å². The molecule has 12 heteroatoms. The van der Waals surface area contributed by atoms with Crippen LogP contribution in [0.15, 0.2) is 91.6 Å². The fourth-order valence-corrected chi connectivity index (χ4v) is 4.35. The third kappa shape index (κ3) is 9.29. The summed E-state index contributed by atoms with van der Waals surface area (Å²) in [5, 5.41) is 20.7. The zero-order valence-corrected chi connectivity index (χ0v) is 23.9. The first kappa shape index (κ1) is 30.0. The third-order valence-corrected chi connectivity index (χ3v) is 6.81. The second-order valence-electron chi connectivity index (χ2n) is 8.59. The van der Waals surface area contributed by atoms with Crippen LogP contribution in [0.4, 0.5) is 33.2 Å². The molecular weight excluding hydrogens is 574 g/mol. The van der Waals surface area contributed by atoms with Gasteiger partial charge in [-0.15, -0.1) is 0 Å². The number of ether oxygens (including phenoxy) is 1. The van der Waals surface area contributed by atoms with E-state index in [1.165, 1.54) is 11.8 Å². The maximum absolute atomic E-state index is 14.4. The molecule has 0 aliphatic carbocycles. The smallest absolute Gasteiger partial charge is 0.247 e. The lowest BCUT2D eigenvalue weighted by Crippen LogP contribution is -2.18. The SMILES string of the molecule is C=CC(=O)Nc1cccc(Nc2nc(Nc3ccc(OCCSC(=S)NCc4ccc(C#N)cc4)cc3)ncc2F)c1. The van der Waals surface area contributed by atoms with Crippen molar-refractivity contribution >= 4 is 63.0 Å². The standard InChI is InChI=1S/C30H26FN7O2S2/c1-2-27(39)35-23-4-3-5-24(16-23)36-28-26(31)19-33-29(38-28)37-22-10-12-25(13-11-22)40-14-15-42-30(41)34-18-21-8-6-20(17-32)7-9-21/h2-13,16,19H,1,14-15,18H2,(H,34,41)(H,35,39)(H2,33,36,37,38). The lowest BCUT2D eigenvalue weighted by Gasteiger charge is -2.11. The number of nitrogens with one attached hydrogen (secondary N) is 4. The summed E-state index contributed by atoms with van der Waals surface area (Å²) >= 11 is 6.86. The van der Waals surface area contributed by atoms with Crippen molar-refractivity contribution in [3.8, 4) is 11.8 Å². The lowest BCUT2D eigenvalue weighted by molar-refractivity contribution is -0.111. The number of hydrogen-bond donors (Lipinski definition) is 4. The number of carbonyl (C=O) groups is 1. The largest absolute Gasteiger partial charge is 0.493 e. The van der Waals surface area contributed by atoms with Gasteiger partial charge in [-0.05, 0) is 66.2 Å². The normalized spacial score (nSPS) is 10.2. The van der Waals surface area contributed by atoms with Crippen molar-refractivity contribution < 1.29 is 13.9 Å². The van der Waals surface area contributed by atoms with E-state index in [0.29, 0.717) is 51.6 Å². The molecule has 0 saturated heterocycles. The van der Waals surface area contributed by atoms with Crippen LogP contribution in [0.2, 0.25) is 0 Å². The molecule has 4 aromatic rings. The summed E-state index contributed by atoms with van der Waals surface area (Å²) in [6, 6.07) is 23.4. The molecule has 4 rings (SSSR count). The van der Waals surface area contributed by atoms with Gasteiger partial charge < -0.3 is 26.0 Å². The van der Waals surface area contributed by atoms with E-state index in [4.69, 9.17) is 22.2 Å². The molecule has 1 aromatic heterocycles.